The van der Waals surface area contributed by atoms with Crippen molar-refractivity contribution in [2.75, 3.05) is 24.5 Å². The second-order valence-electron chi connectivity index (χ2n) is 6.18. The predicted molar refractivity (Wildman–Crippen MR) is 112 cm³/mol. The smallest absolute Gasteiger partial charge is 0.191 e. The van der Waals surface area contributed by atoms with Crippen molar-refractivity contribution in [3.8, 4) is 0 Å². The molecule has 1 aliphatic rings. The lowest BCUT2D eigenvalue weighted by molar-refractivity contribution is 0.463. The van der Waals surface area contributed by atoms with E-state index in [4.69, 9.17) is 4.99 Å². The number of rotatable bonds is 5. The van der Waals surface area contributed by atoms with E-state index in [1.807, 2.05) is 11.3 Å². The summed E-state index contributed by atoms with van der Waals surface area (Å²) in [5.41, 5.74) is 1.22. The van der Waals surface area contributed by atoms with Crippen LogP contribution in [0.5, 0.6) is 0 Å². The Morgan fingerprint density at radius 1 is 1.24 bits per heavy atom. The molecule has 134 valence electrons. The fourth-order valence-electron chi connectivity index (χ4n) is 2.97. The highest BCUT2D eigenvalue weighted by Crippen LogP contribution is 2.24. The van der Waals surface area contributed by atoms with Crippen LogP contribution >= 0.6 is 27.3 Å². The van der Waals surface area contributed by atoms with Gasteiger partial charge in [0, 0.05) is 30.1 Å². The van der Waals surface area contributed by atoms with Gasteiger partial charge in [0.05, 0.1) is 11.5 Å². The SMILES string of the molecule is CCNC(=NCc1ccc(Br)cc1)NC1CCN(c2cccs2)CC1. The Labute approximate surface area is 162 Å². The van der Waals surface area contributed by atoms with Crippen LogP contribution < -0.4 is 15.5 Å². The van der Waals surface area contributed by atoms with E-state index in [-0.39, 0.29) is 0 Å². The normalized spacial score (nSPS) is 16.1. The molecule has 0 saturated carbocycles. The molecule has 1 aliphatic heterocycles. The van der Waals surface area contributed by atoms with Crippen molar-refractivity contribution in [3.63, 3.8) is 0 Å². The summed E-state index contributed by atoms with van der Waals surface area (Å²) in [6, 6.07) is 13.2. The maximum absolute atomic E-state index is 4.74. The molecule has 0 bridgehead atoms. The first-order valence-corrected chi connectivity index (χ1v) is 10.5. The predicted octanol–water partition coefficient (Wildman–Crippen LogP) is 4.23. The van der Waals surface area contributed by atoms with Crippen LogP contribution in [0.1, 0.15) is 25.3 Å². The highest BCUT2D eigenvalue weighted by molar-refractivity contribution is 9.10. The first-order chi connectivity index (χ1) is 12.2. The molecule has 2 N–H and O–H groups in total. The molecule has 0 aliphatic carbocycles. The van der Waals surface area contributed by atoms with Gasteiger partial charge in [-0.25, -0.2) is 4.99 Å². The third-order valence-corrected chi connectivity index (χ3v) is 5.79. The molecule has 25 heavy (non-hydrogen) atoms. The third-order valence-electron chi connectivity index (χ3n) is 4.33. The average Bonchev–Trinajstić information content (AvgIpc) is 3.16. The third kappa shape index (κ3) is 5.47. The summed E-state index contributed by atoms with van der Waals surface area (Å²) in [6.45, 7) is 5.88. The molecular weight excluding hydrogens is 396 g/mol. The minimum atomic E-state index is 0.485. The number of aliphatic imine (C=N–C) groups is 1. The number of guanidine groups is 1. The molecule has 0 unspecified atom stereocenters. The molecule has 1 aromatic heterocycles. The van der Waals surface area contributed by atoms with Gasteiger partial charge >= 0.3 is 0 Å². The fraction of sp³-hybridized carbons (Fsp3) is 0.421. The molecule has 2 heterocycles. The van der Waals surface area contributed by atoms with Crippen molar-refractivity contribution in [3.05, 3.63) is 51.8 Å². The van der Waals surface area contributed by atoms with Crippen molar-refractivity contribution < 1.29 is 0 Å². The Morgan fingerprint density at radius 2 is 2.00 bits per heavy atom. The zero-order chi connectivity index (χ0) is 17.5. The quantitative estimate of drug-likeness (QED) is 0.561. The maximum atomic E-state index is 4.74. The lowest BCUT2D eigenvalue weighted by Gasteiger charge is -2.33. The maximum Gasteiger partial charge on any atom is 0.191 e. The van der Waals surface area contributed by atoms with Gasteiger partial charge in [-0.05, 0) is 55.0 Å². The molecule has 6 heteroatoms. The van der Waals surface area contributed by atoms with E-state index in [9.17, 15) is 0 Å². The zero-order valence-electron chi connectivity index (χ0n) is 14.5. The standard InChI is InChI=1S/C19H25BrN4S/c1-2-21-19(22-14-15-5-7-16(20)8-6-15)23-17-9-11-24(12-10-17)18-4-3-13-25-18/h3-8,13,17H,2,9-12,14H2,1H3,(H2,21,22,23). The first-order valence-electron chi connectivity index (χ1n) is 8.82. The van der Waals surface area contributed by atoms with Crippen molar-refractivity contribution in [2.45, 2.75) is 32.4 Å². The second-order valence-corrected chi connectivity index (χ2v) is 8.02. The van der Waals surface area contributed by atoms with Crippen molar-refractivity contribution >= 4 is 38.2 Å². The molecule has 0 radical (unpaired) electrons. The van der Waals surface area contributed by atoms with Gasteiger partial charge in [0.2, 0.25) is 0 Å². The fourth-order valence-corrected chi connectivity index (χ4v) is 4.02. The molecule has 0 spiro atoms. The van der Waals surface area contributed by atoms with E-state index in [2.05, 4.69) is 80.2 Å². The Balaban J connectivity index is 1.53. The average molecular weight is 421 g/mol. The van der Waals surface area contributed by atoms with Gasteiger partial charge in [-0.2, -0.15) is 0 Å². The van der Waals surface area contributed by atoms with E-state index in [1.54, 1.807) is 0 Å². The monoisotopic (exact) mass is 420 g/mol. The number of thiophene rings is 1. The largest absolute Gasteiger partial charge is 0.363 e. The van der Waals surface area contributed by atoms with Crippen LogP contribution in [0.4, 0.5) is 5.00 Å². The van der Waals surface area contributed by atoms with E-state index >= 15 is 0 Å². The summed E-state index contributed by atoms with van der Waals surface area (Å²) in [4.78, 5) is 7.22. The van der Waals surface area contributed by atoms with Crippen LogP contribution in [0.3, 0.4) is 0 Å². The van der Waals surface area contributed by atoms with E-state index in [1.165, 1.54) is 10.6 Å². The van der Waals surface area contributed by atoms with Gasteiger partial charge in [0.1, 0.15) is 0 Å². The lowest BCUT2D eigenvalue weighted by Crippen LogP contribution is -2.48. The molecule has 4 nitrogen and oxygen atoms in total. The number of nitrogens with zero attached hydrogens (tertiary/aromatic N) is 2. The number of hydrogen-bond donors (Lipinski definition) is 2. The van der Waals surface area contributed by atoms with Gasteiger partial charge in [0.15, 0.2) is 5.96 Å². The van der Waals surface area contributed by atoms with Gasteiger partial charge in [-0.15, -0.1) is 11.3 Å². The molecular formula is C19H25BrN4S. The summed E-state index contributed by atoms with van der Waals surface area (Å²) in [6.07, 6.45) is 2.28. The number of halogens is 1. The van der Waals surface area contributed by atoms with Crippen LogP contribution in [-0.2, 0) is 6.54 Å². The number of piperidine rings is 1. The molecule has 0 amide bonds. The molecule has 1 aromatic carbocycles. The topological polar surface area (TPSA) is 39.7 Å². The molecule has 1 fully saturated rings. The number of anilines is 1. The van der Waals surface area contributed by atoms with Crippen LogP contribution in [0, 0.1) is 0 Å². The molecule has 3 rings (SSSR count). The van der Waals surface area contributed by atoms with Crippen molar-refractivity contribution in [1.29, 1.82) is 0 Å². The molecule has 0 atom stereocenters. The van der Waals surface area contributed by atoms with Crippen LogP contribution in [0.15, 0.2) is 51.2 Å². The van der Waals surface area contributed by atoms with Crippen molar-refractivity contribution in [2.24, 2.45) is 4.99 Å². The Bertz CT molecular complexity index is 661. The second kappa shape index (κ2) is 9.25. The van der Waals surface area contributed by atoms with Crippen LogP contribution in [-0.4, -0.2) is 31.6 Å². The summed E-state index contributed by atoms with van der Waals surface area (Å²) in [5.74, 6) is 0.917. The minimum absolute atomic E-state index is 0.485. The number of nitrogens with one attached hydrogen (secondary N) is 2. The first kappa shape index (κ1) is 18.3. The van der Waals surface area contributed by atoms with Gasteiger partial charge in [-0.1, -0.05) is 28.1 Å². The zero-order valence-corrected chi connectivity index (χ0v) is 16.9. The highest BCUT2D eigenvalue weighted by Gasteiger charge is 2.20. The van der Waals surface area contributed by atoms with Gasteiger partial charge in [0.25, 0.3) is 0 Å². The van der Waals surface area contributed by atoms with E-state index in [0.717, 1.165) is 42.9 Å². The molecule has 1 saturated heterocycles. The minimum Gasteiger partial charge on any atom is -0.363 e. The van der Waals surface area contributed by atoms with Gasteiger partial charge in [-0.3, -0.25) is 0 Å². The van der Waals surface area contributed by atoms with E-state index < -0.39 is 0 Å². The molecule has 2 aromatic rings. The van der Waals surface area contributed by atoms with E-state index in [0.29, 0.717) is 12.6 Å². The number of hydrogen-bond acceptors (Lipinski definition) is 3. The Morgan fingerprint density at radius 3 is 2.64 bits per heavy atom. The summed E-state index contributed by atoms with van der Waals surface area (Å²) >= 11 is 5.30. The Hall–Kier alpha value is -1.53. The lowest BCUT2D eigenvalue weighted by atomic mass is 10.1. The summed E-state index contributed by atoms with van der Waals surface area (Å²) in [5, 5.41) is 10.5. The van der Waals surface area contributed by atoms with Crippen molar-refractivity contribution in [1.82, 2.24) is 10.6 Å². The summed E-state index contributed by atoms with van der Waals surface area (Å²) in [7, 11) is 0. The van der Waals surface area contributed by atoms with Gasteiger partial charge < -0.3 is 15.5 Å². The Kier molecular flexibility index (Phi) is 6.76. The summed E-state index contributed by atoms with van der Waals surface area (Å²) < 4.78 is 1.10. The van der Waals surface area contributed by atoms with Crippen LogP contribution in [0.2, 0.25) is 0 Å². The number of benzene rings is 1. The highest BCUT2D eigenvalue weighted by atomic mass is 79.9. The van der Waals surface area contributed by atoms with Crippen LogP contribution in [0.25, 0.3) is 0 Å².